The quantitative estimate of drug-likeness (QED) is 0.614. The van der Waals surface area contributed by atoms with Gasteiger partial charge in [0.05, 0.1) is 23.4 Å². The van der Waals surface area contributed by atoms with Crippen LogP contribution in [0.3, 0.4) is 0 Å². The van der Waals surface area contributed by atoms with Crippen molar-refractivity contribution in [1.82, 2.24) is 15.1 Å². The minimum atomic E-state index is -1.10. The molecular weight excluding hydrogens is 426 g/mol. The fourth-order valence-electron chi connectivity index (χ4n) is 3.84. The molecule has 1 atom stereocenters. The Balaban J connectivity index is 1.70. The number of carboxylic acids is 1. The van der Waals surface area contributed by atoms with Crippen molar-refractivity contribution >= 4 is 17.8 Å². The lowest BCUT2D eigenvalue weighted by Crippen LogP contribution is -2.28. The summed E-state index contributed by atoms with van der Waals surface area (Å²) < 4.78 is 12.8. The van der Waals surface area contributed by atoms with E-state index in [2.05, 4.69) is 5.32 Å². The first-order chi connectivity index (χ1) is 15.9. The SMILES string of the molecule is CCn1nc(C[C@@H](C)COC(=O)c2cccc(C(=O)O)c2)c2c1C(=O)NCCCOCCC2. The first kappa shape index (κ1) is 24.4. The molecule has 1 aliphatic rings. The molecule has 9 nitrogen and oxygen atoms in total. The van der Waals surface area contributed by atoms with Crippen LogP contribution in [0.5, 0.6) is 0 Å². The maximum Gasteiger partial charge on any atom is 0.338 e. The summed E-state index contributed by atoms with van der Waals surface area (Å²) in [4.78, 5) is 36.3. The third-order valence-electron chi connectivity index (χ3n) is 5.50. The van der Waals surface area contributed by atoms with Gasteiger partial charge in [0.15, 0.2) is 0 Å². The van der Waals surface area contributed by atoms with Crippen LogP contribution >= 0.6 is 0 Å². The number of rotatable bonds is 7. The van der Waals surface area contributed by atoms with Gasteiger partial charge in [-0.05, 0) is 56.7 Å². The summed E-state index contributed by atoms with van der Waals surface area (Å²) in [7, 11) is 0. The number of carbonyl (C=O) groups is 3. The number of ether oxygens (including phenoxy) is 2. The van der Waals surface area contributed by atoms with Gasteiger partial charge in [-0.15, -0.1) is 0 Å². The summed E-state index contributed by atoms with van der Waals surface area (Å²) in [5.41, 5.74) is 2.59. The first-order valence-corrected chi connectivity index (χ1v) is 11.4. The van der Waals surface area contributed by atoms with Gasteiger partial charge in [0.2, 0.25) is 0 Å². The number of aromatic nitrogens is 2. The standard InChI is InChI=1S/C24H31N3O6/c1-3-27-21-19(9-5-11-32-12-6-10-25-22(21)28)20(26-27)13-16(2)15-33-24(31)18-8-4-7-17(14-18)23(29)30/h4,7-8,14,16H,3,5-6,9-13,15H2,1-2H3,(H,25,28)(H,29,30)/t16-/m1/s1. The summed E-state index contributed by atoms with van der Waals surface area (Å²) in [6.45, 7) is 6.45. The average Bonchev–Trinajstić information content (AvgIpc) is 3.13. The molecular formula is C24H31N3O6. The highest BCUT2D eigenvalue weighted by Gasteiger charge is 2.24. The van der Waals surface area contributed by atoms with Gasteiger partial charge < -0.3 is 19.9 Å². The van der Waals surface area contributed by atoms with Crippen molar-refractivity contribution < 1.29 is 29.0 Å². The second-order valence-corrected chi connectivity index (χ2v) is 8.21. The fourth-order valence-corrected chi connectivity index (χ4v) is 3.84. The van der Waals surface area contributed by atoms with E-state index in [4.69, 9.17) is 19.7 Å². The zero-order chi connectivity index (χ0) is 23.8. The lowest BCUT2D eigenvalue weighted by Gasteiger charge is -2.12. The minimum Gasteiger partial charge on any atom is -0.478 e. The molecule has 1 amide bonds. The summed E-state index contributed by atoms with van der Waals surface area (Å²) in [6, 6.07) is 5.77. The van der Waals surface area contributed by atoms with Crippen LogP contribution < -0.4 is 5.32 Å². The predicted molar refractivity (Wildman–Crippen MR) is 121 cm³/mol. The van der Waals surface area contributed by atoms with Crippen molar-refractivity contribution in [2.24, 2.45) is 5.92 Å². The normalized spacial score (nSPS) is 15.6. The van der Waals surface area contributed by atoms with Gasteiger partial charge in [-0.3, -0.25) is 9.48 Å². The van der Waals surface area contributed by atoms with Gasteiger partial charge in [-0.1, -0.05) is 13.0 Å². The second-order valence-electron chi connectivity index (χ2n) is 8.21. The molecule has 33 heavy (non-hydrogen) atoms. The molecule has 178 valence electrons. The number of hydrogen-bond donors (Lipinski definition) is 2. The maximum atomic E-state index is 12.8. The molecule has 1 aromatic heterocycles. The largest absolute Gasteiger partial charge is 0.478 e. The number of nitrogens with zero attached hydrogens (tertiary/aromatic N) is 2. The van der Waals surface area contributed by atoms with E-state index in [0.29, 0.717) is 44.8 Å². The van der Waals surface area contributed by atoms with Crippen LogP contribution in [0.25, 0.3) is 0 Å². The number of hydrogen-bond acceptors (Lipinski definition) is 6. The summed E-state index contributed by atoms with van der Waals surface area (Å²) in [6.07, 6.45) is 2.80. The molecule has 0 saturated heterocycles. The van der Waals surface area contributed by atoms with Crippen molar-refractivity contribution in [1.29, 1.82) is 0 Å². The Kier molecular flexibility index (Phi) is 8.59. The van der Waals surface area contributed by atoms with Crippen molar-refractivity contribution in [2.45, 2.75) is 46.1 Å². The van der Waals surface area contributed by atoms with Gasteiger partial charge in [-0.25, -0.2) is 9.59 Å². The lowest BCUT2D eigenvalue weighted by molar-refractivity contribution is 0.0448. The van der Waals surface area contributed by atoms with E-state index in [1.54, 1.807) is 4.68 Å². The molecule has 1 aromatic carbocycles. The van der Waals surface area contributed by atoms with Crippen LogP contribution in [0.4, 0.5) is 0 Å². The summed E-state index contributed by atoms with van der Waals surface area (Å²) >= 11 is 0. The molecule has 3 rings (SSSR count). The molecule has 2 N–H and O–H groups in total. The molecule has 2 aromatic rings. The van der Waals surface area contributed by atoms with Gasteiger partial charge in [0, 0.05) is 31.9 Å². The lowest BCUT2D eigenvalue weighted by atomic mass is 9.99. The van der Waals surface area contributed by atoms with Gasteiger partial charge in [-0.2, -0.15) is 5.10 Å². The molecule has 1 aliphatic heterocycles. The average molecular weight is 458 g/mol. The zero-order valence-corrected chi connectivity index (χ0v) is 19.1. The predicted octanol–water partition coefficient (Wildman–Crippen LogP) is 2.72. The van der Waals surface area contributed by atoms with E-state index in [1.807, 2.05) is 13.8 Å². The second kappa shape index (κ2) is 11.6. The number of benzene rings is 1. The Hall–Kier alpha value is -3.20. The number of amides is 1. The van der Waals surface area contributed by atoms with Crippen LogP contribution in [-0.2, 0) is 28.9 Å². The topological polar surface area (TPSA) is 120 Å². The smallest absolute Gasteiger partial charge is 0.338 e. The Bertz CT molecular complexity index is 1000. The van der Waals surface area contributed by atoms with E-state index in [0.717, 1.165) is 24.1 Å². The van der Waals surface area contributed by atoms with Crippen LogP contribution in [0.1, 0.15) is 69.2 Å². The van der Waals surface area contributed by atoms with E-state index < -0.39 is 11.9 Å². The number of carboxylic acid groups (broad SMARTS) is 1. The van der Waals surface area contributed by atoms with Crippen LogP contribution in [-0.4, -0.2) is 59.1 Å². The van der Waals surface area contributed by atoms with Crippen molar-refractivity contribution in [2.75, 3.05) is 26.4 Å². The molecule has 0 unspecified atom stereocenters. The third-order valence-corrected chi connectivity index (χ3v) is 5.50. The molecule has 0 fully saturated rings. The minimum absolute atomic E-state index is 0.0333. The van der Waals surface area contributed by atoms with Crippen molar-refractivity contribution in [3.63, 3.8) is 0 Å². The molecule has 0 radical (unpaired) electrons. The monoisotopic (exact) mass is 457 g/mol. The van der Waals surface area contributed by atoms with Gasteiger partial charge >= 0.3 is 11.9 Å². The number of aryl methyl sites for hydroxylation is 1. The third kappa shape index (κ3) is 6.41. The van der Waals surface area contributed by atoms with Crippen molar-refractivity contribution in [3.8, 4) is 0 Å². The van der Waals surface area contributed by atoms with Crippen LogP contribution in [0.2, 0.25) is 0 Å². The molecule has 0 spiro atoms. The van der Waals surface area contributed by atoms with E-state index in [1.165, 1.54) is 24.3 Å². The molecule has 2 heterocycles. The van der Waals surface area contributed by atoms with E-state index >= 15 is 0 Å². The Morgan fingerprint density at radius 2 is 2.03 bits per heavy atom. The summed E-state index contributed by atoms with van der Waals surface area (Å²) in [5.74, 6) is -1.83. The number of fused-ring (bicyclic) bond motifs is 1. The van der Waals surface area contributed by atoms with Crippen LogP contribution in [0.15, 0.2) is 24.3 Å². The molecule has 9 heteroatoms. The highest BCUT2D eigenvalue weighted by Crippen LogP contribution is 2.21. The van der Waals surface area contributed by atoms with Crippen molar-refractivity contribution in [3.05, 3.63) is 52.3 Å². The highest BCUT2D eigenvalue weighted by atomic mass is 16.5. The highest BCUT2D eigenvalue weighted by molar-refractivity contribution is 5.95. The Morgan fingerprint density at radius 1 is 1.27 bits per heavy atom. The number of nitrogens with one attached hydrogen (secondary N) is 1. The zero-order valence-electron chi connectivity index (χ0n) is 19.1. The van der Waals surface area contributed by atoms with Gasteiger partial charge in [0.25, 0.3) is 5.91 Å². The van der Waals surface area contributed by atoms with E-state index in [-0.39, 0.29) is 29.6 Å². The molecule has 0 saturated carbocycles. The fraction of sp³-hybridized carbons (Fsp3) is 0.500. The number of carbonyl (C=O) groups excluding carboxylic acids is 2. The maximum absolute atomic E-state index is 12.8. The van der Waals surface area contributed by atoms with Crippen LogP contribution in [0, 0.1) is 5.92 Å². The molecule has 0 aliphatic carbocycles. The Morgan fingerprint density at radius 3 is 2.79 bits per heavy atom. The summed E-state index contributed by atoms with van der Waals surface area (Å²) in [5, 5.41) is 16.8. The van der Waals surface area contributed by atoms with E-state index in [9.17, 15) is 14.4 Å². The van der Waals surface area contributed by atoms with Gasteiger partial charge in [0.1, 0.15) is 5.69 Å². The first-order valence-electron chi connectivity index (χ1n) is 11.4. The number of aromatic carboxylic acids is 1. The number of esters is 1. The molecule has 0 bridgehead atoms. The Labute approximate surface area is 193 Å².